The molecule has 2 rings (SSSR count). The maximum absolute atomic E-state index is 12.5. The number of nitrogens with zero attached hydrogens (tertiary/aromatic N) is 1. The maximum atomic E-state index is 12.5. The van der Waals surface area contributed by atoms with Gasteiger partial charge in [-0.05, 0) is 43.5 Å². The molecular weight excluding hydrogens is 252 g/mol. The van der Waals surface area contributed by atoms with Crippen LogP contribution in [-0.4, -0.2) is 37.0 Å². The fourth-order valence-electron chi connectivity index (χ4n) is 2.40. The first-order chi connectivity index (χ1) is 8.46. The van der Waals surface area contributed by atoms with Gasteiger partial charge < -0.3 is 10.8 Å². The molecule has 6 heteroatoms. The van der Waals surface area contributed by atoms with Crippen molar-refractivity contribution in [3.63, 3.8) is 0 Å². The molecule has 1 aliphatic rings. The van der Waals surface area contributed by atoms with Crippen LogP contribution >= 0.6 is 0 Å². The Kier molecular flexibility index (Phi) is 3.61. The minimum Gasteiger partial charge on any atom is -0.399 e. The van der Waals surface area contributed by atoms with E-state index in [1.165, 1.54) is 10.4 Å². The largest absolute Gasteiger partial charge is 0.399 e. The minimum atomic E-state index is -3.53. The Balaban J connectivity index is 2.42. The van der Waals surface area contributed by atoms with Crippen LogP contribution < -0.4 is 5.73 Å². The molecule has 1 atom stereocenters. The van der Waals surface area contributed by atoms with Crippen LogP contribution in [0.2, 0.25) is 0 Å². The lowest BCUT2D eigenvalue weighted by Crippen LogP contribution is -2.37. The van der Waals surface area contributed by atoms with Gasteiger partial charge in [-0.3, -0.25) is 0 Å². The lowest BCUT2D eigenvalue weighted by atomic mass is 10.2. The fourth-order valence-corrected chi connectivity index (χ4v) is 4.29. The molecule has 1 aromatic rings. The molecule has 1 fully saturated rings. The third-order valence-corrected chi connectivity index (χ3v) is 5.43. The first-order valence-corrected chi connectivity index (χ1v) is 7.39. The number of aryl methyl sites for hydroxylation is 1. The molecule has 1 heterocycles. The fraction of sp³-hybridized carbons (Fsp3) is 0.500. The molecule has 0 saturated carbocycles. The van der Waals surface area contributed by atoms with Crippen molar-refractivity contribution < 1.29 is 13.5 Å². The number of sulfonamides is 1. The zero-order valence-electron chi connectivity index (χ0n) is 10.3. The van der Waals surface area contributed by atoms with E-state index in [2.05, 4.69) is 0 Å². The summed E-state index contributed by atoms with van der Waals surface area (Å²) < 4.78 is 26.4. The Morgan fingerprint density at radius 1 is 1.50 bits per heavy atom. The van der Waals surface area contributed by atoms with Gasteiger partial charge in [0.25, 0.3) is 0 Å². The molecule has 1 saturated heterocycles. The molecule has 5 nitrogen and oxygen atoms in total. The zero-order valence-corrected chi connectivity index (χ0v) is 11.2. The van der Waals surface area contributed by atoms with Crippen LogP contribution in [0.5, 0.6) is 0 Å². The second-order valence-electron chi connectivity index (χ2n) is 4.62. The zero-order chi connectivity index (χ0) is 13.3. The number of aliphatic hydroxyl groups excluding tert-OH is 1. The molecule has 1 aromatic carbocycles. The summed E-state index contributed by atoms with van der Waals surface area (Å²) in [6, 6.07) is 4.47. The van der Waals surface area contributed by atoms with Crippen molar-refractivity contribution in [2.75, 3.05) is 18.9 Å². The Morgan fingerprint density at radius 2 is 2.22 bits per heavy atom. The third-order valence-electron chi connectivity index (χ3n) is 3.32. The number of nitrogens with two attached hydrogens (primary N) is 1. The lowest BCUT2D eigenvalue weighted by molar-refractivity contribution is 0.213. The van der Waals surface area contributed by atoms with E-state index in [0.717, 1.165) is 6.42 Å². The van der Waals surface area contributed by atoms with Crippen LogP contribution in [0, 0.1) is 6.92 Å². The smallest absolute Gasteiger partial charge is 0.243 e. The molecular formula is C12H18N2O3S. The highest BCUT2D eigenvalue weighted by Crippen LogP contribution is 2.28. The van der Waals surface area contributed by atoms with E-state index in [0.29, 0.717) is 24.2 Å². The van der Waals surface area contributed by atoms with Crippen LogP contribution in [0.3, 0.4) is 0 Å². The van der Waals surface area contributed by atoms with Gasteiger partial charge in [-0.1, -0.05) is 0 Å². The van der Waals surface area contributed by atoms with Crippen molar-refractivity contribution >= 4 is 15.7 Å². The highest BCUT2D eigenvalue weighted by atomic mass is 32.2. The van der Waals surface area contributed by atoms with Gasteiger partial charge >= 0.3 is 0 Å². The van der Waals surface area contributed by atoms with Crippen LogP contribution in [0.1, 0.15) is 18.4 Å². The molecule has 100 valence electrons. The SMILES string of the molecule is Cc1cc(N)ccc1S(=O)(=O)N1CCC[C@@H]1CO. The lowest BCUT2D eigenvalue weighted by Gasteiger charge is -2.23. The number of nitrogen functional groups attached to an aromatic ring is 1. The van der Waals surface area contributed by atoms with E-state index >= 15 is 0 Å². The van der Waals surface area contributed by atoms with E-state index in [4.69, 9.17) is 5.73 Å². The summed E-state index contributed by atoms with van der Waals surface area (Å²) in [5, 5.41) is 9.23. The van der Waals surface area contributed by atoms with Crippen molar-refractivity contribution in [2.45, 2.75) is 30.7 Å². The number of hydrogen-bond acceptors (Lipinski definition) is 4. The Hall–Kier alpha value is -1.11. The second-order valence-corrected chi connectivity index (χ2v) is 6.48. The van der Waals surface area contributed by atoms with Gasteiger partial charge in [-0.2, -0.15) is 4.31 Å². The highest BCUT2D eigenvalue weighted by Gasteiger charge is 2.35. The summed E-state index contributed by atoms with van der Waals surface area (Å²) in [5.41, 5.74) is 6.81. The van der Waals surface area contributed by atoms with E-state index in [1.807, 2.05) is 0 Å². The van der Waals surface area contributed by atoms with E-state index in [9.17, 15) is 13.5 Å². The number of aliphatic hydroxyl groups is 1. The Bertz CT molecular complexity index is 542. The summed E-state index contributed by atoms with van der Waals surface area (Å²) in [5.74, 6) is 0. The molecule has 0 radical (unpaired) electrons. The Labute approximate surface area is 107 Å². The van der Waals surface area contributed by atoms with Crippen molar-refractivity contribution in [1.82, 2.24) is 4.31 Å². The first-order valence-electron chi connectivity index (χ1n) is 5.95. The molecule has 0 aliphatic carbocycles. The quantitative estimate of drug-likeness (QED) is 0.793. The molecule has 0 spiro atoms. The van der Waals surface area contributed by atoms with Gasteiger partial charge in [-0.15, -0.1) is 0 Å². The van der Waals surface area contributed by atoms with Crippen molar-refractivity contribution in [2.24, 2.45) is 0 Å². The van der Waals surface area contributed by atoms with E-state index < -0.39 is 10.0 Å². The molecule has 0 amide bonds. The topological polar surface area (TPSA) is 83.6 Å². The van der Waals surface area contributed by atoms with E-state index in [-0.39, 0.29) is 17.5 Å². The average molecular weight is 270 g/mol. The van der Waals surface area contributed by atoms with Crippen LogP contribution in [0.4, 0.5) is 5.69 Å². The van der Waals surface area contributed by atoms with Crippen molar-refractivity contribution in [1.29, 1.82) is 0 Å². The molecule has 0 bridgehead atoms. The third kappa shape index (κ3) is 2.23. The summed E-state index contributed by atoms with van der Waals surface area (Å²) in [4.78, 5) is 0.275. The van der Waals surface area contributed by atoms with Gasteiger partial charge in [0.1, 0.15) is 0 Å². The summed E-state index contributed by atoms with van der Waals surface area (Å²) in [6.07, 6.45) is 1.50. The normalized spacial score (nSPS) is 21.3. The highest BCUT2D eigenvalue weighted by molar-refractivity contribution is 7.89. The molecule has 3 N–H and O–H groups in total. The number of rotatable bonds is 3. The summed E-state index contributed by atoms with van der Waals surface area (Å²) >= 11 is 0. The van der Waals surface area contributed by atoms with Gasteiger partial charge in [0, 0.05) is 18.3 Å². The number of anilines is 1. The van der Waals surface area contributed by atoms with Crippen LogP contribution in [0.25, 0.3) is 0 Å². The number of benzene rings is 1. The van der Waals surface area contributed by atoms with Crippen molar-refractivity contribution in [3.05, 3.63) is 23.8 Å². The molecule has 18 heavy (non-hydrogen) atoms. The van der Waals surface area contributed by atoms with E-state index in [1.54, 1.807) is 19.1 Å². The van der Waals surface area contributed by atoms with Gasteiger partial charge in [0.15, 0.2) is 0 Å². The van der Waals surface area contributed by atoms with Gasteiger partial charge in [-0.25, -0.2) is 8.42 Å². The number of hydrogen-bond donors (Lipinski definition) is 2. The molecule has 1 aliphatic heterocycles. The predicted molar refractivity (Wildman–Crippen MR) is 69.6 cm³/mol. The van der Waals surface area contributed by atoms with Crippen LogP contribution in [-0.2, 0) is 10.0 Å². The predicted octanol–water partition coefficient (Wildman–Crippen LogP) is 0.723. The molecule has 0 unspecified atom stereocenters. The van der Waals surface area contributed by atoms with Crippen molar-refractivity contribution in [3.8, 4) is 0 Å². The first kappa shape index (κ1) is 13.3. The van der Waals surface area contributed by atoms with Gasteiger partial charge in [0.05, 0.1) is 11.5 Å². The molecule has 0 aromatic heterocycles. The monoisotopic (exact) mass is 270 g/mol. The minimum absolute atomic E-state index is 0.132. The van der Waals surface area contributed by atoms with Crippen LogP contribution in [0.15, 0.2) is 23.1 Å². The summed E-state index contributed by atoms with van der Waals surface area (Å²) in [7, 11) is -3.53. The standard InChI is InChI=1S/C12H18N2O3S/c1-9-7-10(13)4-5-12(9)18(16,17)14-6-2-3-11(14)8-15/h4-5,7,11,15H,2-3,6,8,13H2,1H3/t11-/m1/s1. The summed E-state index contributed by atoms with van der Waals surface area (Å²) in [6.45, 7) is 2.07. The second kappa shape index (κ2) is 4.87. The Morgan fingerprint density at radius 3 is 2.83 bits per heavy atom. The van der Waals surface area contributed by atoms with Gasteiger partial charge in [0.2, 0.25) is 10.0 Å². The maximum Gasteiger partial charge on any atom is 0.243 e. The average Bonchev–Trinajstić information content (AvgIpc) is 2.76.